The molecule has 5 heteroatoms. The lowest BCUT2D eigenvalue weighted by molar-refractivity contribution is 0.0953. The van der Waals surface area contributed by atoms with Crippen LogP contribution in [-0.2, 0) is 18.3 Å². The molecule has 134 valence electrons. The van der Waals surface area contributed by atoms with Gasteiger partial charge in [-0.15, -0.1) is 0 Å². The number of fused-ring (bicyclic) bond motifs is 1. The molecule has 1 aromatic heterocycles. The lowest BCUT2D eigenvalue weighted by atomic mass is 9.99. The number of Topliss-reactive ketones (excluding diaryl/α,β-unsaturated/α-hetero) is 1. The van der Waals surface area contributed by atoms with E-state index in [2.05, 4.69) is 4.57 Å². The van der Waals surface area contributed by atoms with Gasteiger partial charge in [0.25, 0.3) is 0 Å². The molecule has 1 unspecified atom stereocenters. The van der Waals surface area contributed by atoms with Crippen molar-refractivity contribution in [3.8, 4) is 16.9 Å². The molecule has 1 fully saturated rings. The lowest BCUT2D eigenvalue weighted by Crippen LogP contribution is -2.18. The Kier molecular flexibility index (Phi) is 4.05. The standard InChI is InChI=1S/C21H22N2O3/c1-22(2)11-17-20(21(25)19-12-26-19)15-10-18(24)14(9-16(15)23(17)3)13-7-5-4-6-8-13/h4-10,19,24H,11-12H2,1-3H3. The topological polar surface area (TPSA) is 58.0 Å². The SMILES string of the molecule is CN(C)Cc1c(C(=O)C2CO2)c2cc(O)c(-c3ccccc3)cc2n1C. The fourth-order valence-corrected chi connectivity index (χ4v) is 3.49. The molecule has 4 rings (SSSR count). The Hall–Kier alpha value is -2.63. The predicted molar refractivity (Wildman–Crippen MR) is 101 cm³/mol. The number of epoxide rings is 1. The van der Waals surface area contributed by atoms with Gasteiger partial charge in [0.15, 0.2) is 5.78 Å². The van der Waals surface area contributed by atoms with E-state index < -0.39 is 0 Å². The largest absolute Gasteiger partial charge is 0.507 e. The molecule has 0 saturated carbocycles. The number of ketones is 1. The highest BCUT2D eigenvalue weighted by Gasteiger charge is 2.36. The van der Waals surface area contributed by atoms with Crippen LogP contribution in [0, 0.1) is 0 Å². The van der Waals surface area contributed by atoms with Crippen molar-refractivity contribution in [3.05, 3.63) is 53.7 Å². The van der Waals surface area contributed by atoms with Gasteiger partial charge in [-0.25, -0.2) is 0 Å². The number of rotatable bonds is 5. The Labute approximate surface area is 152 Å². The van der Waals surface area contributed by atoms with Crippen LogP contribution >= 0.6 is 0 Å². The van der Waals surface area contributed by atoms with Crippen molar-refractivity contribution in [2.45, 2.75) is 12.6 Å². The molecule has 2 heterocycles. The van der Waals surface area contributed by atoms with Gasteiger partial charge in [0.1, 0.15) is 11.9 Å². The van der Waals surface area contributed by atoms with Gasteiger partial charge in [-0.1, -0.05) is 30.3 Å². The first kappa shape index (κ1) is 16.8. The molecule has 1 saturated heterocycles. The van der Waals surface area contributed by atoms with E-state index in [-0.39, 0.29) is 17.6 Å². The molecule has 3 aromatic rings. The zero-order valence-electron chi connectivity index (χ0n) is 15.2. The summed E-state index contributed by atoms with van der Waals surface area (Å²) in [5, 5.41) is 11.4. The Bertz CT molecular complexity index is 986. The van der Waals surface area contributed by atoms with Crippen molar-refractivity contribution >= 4 is 16.7 Å². The number of phenolic OH excluding ortho intramolecular Hbond substituents is 1. The first-order chi connectivity index (χ1) is 12.5. The number of aryl methyl sites for hydroxylation is 1. The first-order valence-electron chi connectivity index (χ1n) is 8.67. The summed E-state index contributed by atoms with van der Waals surface area (Å²) in [5.41, 5.74) is 4.24. The molecular formula is C21H22N2O3. The summed E-state index contributed by atoms with van der Waals surface area (Å²) in [7, 11) is 5.93. The smallest absolute Gasteiger partial charge is 0.196 e. The second-order valence-corrected chi connectivity index (χ2v) is 7.06. The van der Waals surface area contributed by atoms with Crippen molar-refractivity contribution in [2.75, 3.05) is 20.7 Å². The molecule has 1 aliphatic rings. The van der Waals surface area contributed by atoms with Crippen LogP contribution in [0.2, 0.25) is 0 Å². The second-order valence-electron chi connectivity index (χ2n) is 7.06. The van der Waals surface area contributed by atoms with E-state index in [1.54, 1.807) is 6.07 Å². The Balaban J connectivity index is 1.96. The number of ether oxygens (including phenoxy) is 1. The minimum Gasteiger partial charge on any atom is -0.507 e. The van der Waals surface area contributed by atoms with Crippen molar-refractivity contribution < 1.29 is 14.6 Å². The van der Waals surface area contributed by atoms with Crippen LogP contribution in [-0.4, -0.2) is 47.2 Å². The Morgan fingerprint density at radius 3 is 2.58 bits per heavy atom. The number of carbonyl (C=O) groups is 1. The number of aromatic nitrogens is 1. The summed E-state index contributed by atoms with van der Waals surface area (Å²) < 4.78 is 7.28. The summed E-state index contributed by atoms with van der Waals surface area (Å²) in [6, 6.07) is 13.4. The Morgan fingerprint density at radius 2 is 1.96 bits per heavy atom. The molecule has 26 heavy (non-hydrogen) atoms. The monoisotopic (exact) mass is 350 g/mol. The molecule has 0 radical (unpaired) electrons. The van der Waals surface area contributed by atoms with E-state index in [0.717, 1.165) is 27.7 Å². The fourth-order valence-electron chi connectivity index (χ4n) is 3.49. The third kappa shape index (κ3) is 2.79. The third-order valence-electron chi connectivity index (χ3n) is 4.86. The molecule has 1 aliphatic heterocycles. The molecule has 0 aliphatic carbocycles. The van der Waals surface area contributed by atoms with E-state index in [9.17, 15) is 9.90 Å². The highest BCUT2D eigenvalue weighted by atomic mass is 16.6. The van der Waals surface area contributed by atoms with E-state index in [1.807, 2.05) is 62.4 Å². The minimum atomic E-state index is -0.350. The average molecular weight is 350 g/mol. The maximum atomic E-state index is 12.9. The van der Waals surface area contributed by atoms with E-state index >= 15 is 0 Å². The number of carbonyl (C=O) groups excluding carboxylic acids is 1. The molecule has 1 N–H and O–H groups in total. The van der Waals surface area contributed by atoms with Crippen molar-refractivity contribution in [1.29, 1.82) is 0 Å². The molecule has 0 spiro atoms. The average Bonchev–Trinajstić information content (AvgIpc) is 3.42. The van der Waals surface area contributed by atoms with Gasteiger partial charge in [-0.05, 0) is 31.8 Å². The number of hydrogen-bond acceptors (Lipinski definition) is 4. The summed E-state index contributed by atoms with van der Waals surface area (Å²) in [6.45, 7) is 1.12. The van der Waals surface area contributed by atoms with Gasteiger partial charge in [-0.2, -0.15) is 0 Å². The summed E-state index contributed by atoms with van der Waals surface area (Å²) in [5.74, 6) is 0.177. The van der Waals surface area contributed by atoms with E-state index in [0.29, 0.717) is 18.7 Å². The number of benzene rings is 2. The van der Waals surface area contributed by atoms with Gasteiger partial charge in [0.05, 0.1) is 12.2 Å². The van der Waals surface area contributed by atoms with Crippen LogP contribution in [0.5, 0.6) is 5.75 Å². The number of phenols is 1. The molecule has 2 aromatic carbocycles. The van der Waals surface area contributed by atoms with Crippen LogP contribution in [0.1, 0.15) is 16.1 Å². The highest BCUT2D eigenvalue weighted by molar-refractivity contribution is 6.13. The predicted octanol–water partition coefficient (Wildman–Crippen LogP) is 3.19. The minimum absolute atomic E-state index is 0.000638. The number of nitrogens with zero attached hydrogens (tertiary/aromatic N) is 2. The third-order valence-corrected chi connectivity index (χ3v) is 4.86. The zero-order chi connectivity index (χ0) is 18.4. The lowest BCUT2D eigenvalue weighted by Gasteiger charge is -2.12. The van der Waals surface area contributed by atoms with Gasteiger partial charge >= 0.3 is 0 Å². The maximum Gasteiger partial charge on any atom is 0.196 e. The van der Waals surface area contributed by atoms with Crippen molar-refractivity contribution in [1.82, 2.24) is 9.47 Å². The summed E-state index contributed by atoms with van der Waals surface area (Å²) in [4.78, 5) is 14.9. The van der Waals surface area contributed by atoms with Gasteiger partial charge < -0.3 is 19.3 Å². The van der Waals surface area contributed by atoms with Gasteiger partial charge in [-0.3, -0.25) is 4.79 Å². The van der Waals surface area contributed by atoms with Crippen LogP contribution in [0.3, 0.4) is 0 Å². The van der Waals surface area contributed by atoms with Gasteiger partial charge in [0, 0.05) is 35.8 Å². The van der Waals surface area contributed by atoms with Crippen molar-refractivity contribution in [2.24, 2.45) is 7.05 Å². The molecule has 5 nitrogen and oxygen atoms in total. The van der Waals surface area contributed by atoms with Crippen molar-refractivity contribution in [3.63, 3.8) is 0 Å². The van der Waals surface area contributed by atoms with Crippen LogP contribution in [0.4, 0.5) is 0 Å². The summed E-state index contributed by atoms with van der Waals surface area (Å²) >= 11 is 0. The molecule has 1 atom stereocenters. The fraction of sp³-hybridized carbons (Fsp3) is 0.286. The number of aromatic hydroxyl groups is 1. The van der Waals surface area contributed by atoms with Gasteiger partial charge in [0.2, 0.25) is 0 Å². The molecule has 0 amide bonds. The van der Waals surface area contributed by atoms with Crippen LogP contribution in [0.15, 0.2) is 42.5 Å². The molecular weight excluding hydrogens is 328 g/mol. The highest BCUT2D eigenvalue weighted by Crippen LogP contribution is 2.38. The van der Waals surface area contributed by atoms with E-state index in [4.69, 9.17) is 4.74 Å². The Morgan fingerprint density at radius 1 is 1.27 bits per heavy atom. The van der Waals surface area contributed by atoms with Crippen LogP contribution in [0.25, 0.3) is 22.0 Å². The first-order valence-corrected chi connectivity index (χ1v) is 8.67. The zero-order valence-corrected chi connectivity index (χ0v) is 15.2. The van der Waals surface area contributed by atoms with E-state index in [1.165, 1.54) is 0 Å². The normalized spacial score (nSPS) is 16.4. The molecule has 0 bridgehead atoms. The number of hydrogen-bond donors (Lipinski definition) is 1. The quantitative estimate of drug-likeness (QED) is 0.567. The van der Waals surface area contributed by atoms with Crippen LogP contribution < -0.4 is 0 Å². The summed E-state index contributed by atoms with van der Waals surface area (Å²) in [6.07, 6.45) is -0.350. The second kappa shape index (κ2) is 6.27. The maximum absolute atomic E-state index is 12.9.